The number of nitrogens with one attached hydrogen (secondary N) is 1. The number of ether oxygens (including phenoxy) is 2. The van der Waals surface area contributed by atoms with Gasteiger partial charge in [0.1, 0.15) is 17.3 Å². The summed E-state index contributed by atoms with van der Waals surface area (Å²) in [6, 6.07) is 5.76. The van der Waals surface area contributed by atoms with Crippen LogP contribution in [0.1, 0.15) is 47.5 Å². The highest BCUT2D eigenvalue weighted by Crippen LogP contribution is 2.31. The van der Waals surface area contributed by atoms with Crippen LogP contribution in [0.2, 0.25) is 0 Å². The number of aryl methyl sites for hydroxylation is 2. The summed E-state index contributed by atoms with van der Waals surface area (Å²) < 4.78 is 14.7. The van der Waals surface area contributed by atoms with Crippen molar-refractivity contribution >= 4 is 16.9 Å². The lowest BCUT2D eigenvalue weighted by Gasteiger charge is -2.24. The van der Waals surface area contributed by atoms with Crippen LogP contribution < -0.4 is 10.1 Å². The molecule has 1 aliphatic rings. The largest absolute Gasteiger partial charge is 0.497 e. The van der Waals surface area contributed by atoms with Crippen LogP contribution >= 0.6 is 0 Å². The predicted molar refractivity (Wildman–Crippen MR) is 104 cm³/mol. The van der Waals surface area contributed by atoms with Gasteiger partial charge in [-0.2, -0.15) is 5.10 Å². The number of imidazole rings is 1. The summed E-state index contributed by atoms with van der Waals surface area (Å²) in [6.45, 7) is 4.31. The van der Waals surface area contributed by atoms with E-state index in [4.69, 9.17) is 9.47 Å². The Balaban J connectivity index is 1.57. The fraction of sp³-hybridized carbons (Fsp3) is 0.450. The molecule has 0 saturated heterocycles. The van der Waals surface area contributed by atoms with Crippen LogP contribution in [0.15, 0.2) is 18.2 Å². The molecule has 8 heteroatoms. The number of benzene rings is 1. The van der Waals surface area contributed by atoms with Crippen molar-refractivity contribution < 1.29 is 14.3 Å². The monoisotopic (exact) mass is 383 g/mol. The molecule has 0 bridgehead atoms. The van der Waals surface area contributed by atoms with Crippen LogP contribution in [0.5, 0.6) is 5.75 Å². The lowest BCUT2D eigenvalue weighted by Crippen LogP contribution is -2.29. The van der Waals surface area contributed by atoms with Crippen LogP contribution in [0.4, 0.5) is 0 Å². The molecule has 0 fully saturated rings. The summed E-state index contributed by atoms with van der Waals surface area (Å²) in [4.78, 5) is 17.6. The van der Waals surface area contributed by atoms with Crippen molar-refractivity contribution in [1.82, 2.24) is 24.6 Å². The molecule has 8 nitrogen and oxygen atoms in total. The average Bonchev–Trinajstić information content (AvgIpc) is 3.16. The van der Waals surface area contributed by atoms with Crippen molar-refractivity contribution in [2.24, 2.45) is 14.1 Å². The lowest BCUT2D eigenvalue weighted by molar-refractivity contribution is -0.00710. The molecule has 0 aliphatic carbocycles. The van der Waals surface area contributed by atoms with Gasteiger partial charge in [-0.3, -0.25) is 9.48 Å². The molecule has 28 heavy (non-hydrogen) atoms. The zero-order valence-electron chi connectivity index (χ0n) is 16.8. The van der Waals surface area contributed by atoms with Gasteiger partial charge in [0, 0.05) is 32.1 Å². The van der Waals surface area contributed by atoms with E-state index in [2.05, 4.69) is 15.4 Å². The van der Waals surface area contributed by atoms with E-state index in [1.807, 2.05) is 43.7 Å². The highest BCUT2D eigenvalue weighted by molar-refractivity contribution is 5.94. The molecule has 4 rings (SSSR count). The third-order valence-corrected chi connectivity index (χ3v) is 5.29. The molecule has 2 atom stereocenters. The van der Waals surface area contributed by atoms with Crippen molar-refractivity contribution in [3.63, 3.8) is 0 Å². The normalized spacial score (nSPS) is 18.9. The molecule has 148 valence electrons. The SMILES string of the molecule is COc1ccc2c(c1)nc(CNC(=O)c1c3c(nn1C)[C@H](C)O[C@H](C)C3)n2C. The Labute approximate surface area is 163 Å². The standard InChI is InChI=1S/C20H25N5O3/c1-11-8-14-18(12(2)28-11)23-25(4)19(14)20(26)21-10-17-22-15-9-13(27-5)6-7-16(15)24(17)3/h6-7,9,11-12H,8,10H2,1-5H3,(H,21,26)/t11-,12+/m1/s1. The maximum atomic E-state index is 12.9. The molecular formula is C20H25N5O3. The number of rotatable bonds is 4. The van der Waals surface area contributed by atoms with Gasteiger partial charge in [0.05, 0.1) is 42.6 Å². The molecule has 1 aliphatic heterocycles. The number of nitrogens with zero attached hydrogens (tertiary/aromatic N) is 4. The van der Waals surface area contributed by atoms with Crippen LogP contribution in [-0.4, -0.2) is 38.5 Å². The van der Waals surface area contributed by atoms with Gasteiger partial charge in [0.2, 0.25) is 0 Å². The van der Waals surface area contributed by atoms with Gasteiger partial charge in [0.25, 0.3) is 5.91 Å². The van der Waals surface area contributed by atoms with E-state index < -0.39 is 0 Å². The summed E-state index contributed by atoms with van der Waals surface area (Å²) in [7, 11) is 5.37. The van der Waals surface area contributed by atoms with Crippen LogP contribution in [0, 0.1) is 0 Å². The maximum absolute atomic E-state index is 12.9. The average molecular weight is 383 g/mol. The van der Waals surface area contributed by atoms with Crippen molar-refractivity contribution in [3.8, 4) is 5.75 Å². The van der Waals surface area contributed by atoms with E-state index in [9.17, 15) is 4.79 Å². The minimum absolute atomic E-state index is 0.0630. The van der Waals surface area contributed by atoms with Gasteiger partial charge >= 0.3 is 0 Å². The van der Waals surface area contributed by atoms with Crippen LogP contribution in [-0.2, 0) is 31.8 Å². The van der Waals surface area contributed by atoms with E-state index >= 15 is 0 Å². The van der Waals surface area contributed by atoms with Gasteiger partial charge in [-0.25, -0.2) is 4.98 Å². The van der Waals surface area contributed by atoms with E-state index in [1.54, 1.807) is 18.8 Å². The fourth-order valence-corrected chi connectivity index (χ4v) is 3.91. The van der Waals surface area contributed by atoms with Crippen molar-refractivity contribution in [3.05, 3.63) is 41.0 Å². The molecule has 1 aromatic carbocycles. The topological polar surface area (TPSA) is 83.2 Å². The molecule has 1 amide bonds. The van der Waals surface area contributed by atoms with Gasteiger partial charge in [-0.1, -0.05) is 0 Å². The van der Waals surface area contributed by atoms with Crippen molar-refractivity contribution in [1.29, 1.82) is 0 Å². The highest BCUT2D eigenvalue weighted by atomic mass is 16.5. The Hall–Kier alpha value is -2.87. The Morgan fingerprint density at radius 1 is 1.36 bits per heavy atom. The number of carbonyl (C=O) groups is 1. The van der Waals surface area contributed by atoms with E-state index in [0.717, 1.165) is 33.9 Å². The molecule has 0 unspecified atom stereocenters. The minimum Gasteiger partial charge on any atom is -0.497 e. The summed E-state index contributed by atoms with van der Waals surface area (Å²) >= 11 is 0. The zero-order valence-corrected chi connectivity index (χ0v) is 16.8. The quantitative estimate of drug-likeness (QED) is 0.747. The van der Waals surface area contributed by atoms with E-state index in [-0.39, 0.29) is 18.1 Å². The molecule has 0 saturated carbocycles. The first-order valence-corrected chi connectivity index (χ1v) is 9.37. The first-order valence-electron chi connectivity index (χ1n) is 9.37. The second-order valence-electron chi connectivity index (χ2n) is 7.25. The Kier molecular flexibility index (Phi) is 4.58. The van der Waals surface area contributed by atoms with Crippen LogP contribution in [0.3, 0.4) is 0 Å². The van der Waals surface area contributed by atoms with Gasteiger partial charge in [-0.15, -0.1) is 0 Å². The van der Waals surface area contributed by atoms with Crippen molar-refractivity contribution in [2.45, 2.75) is 39.0 Å². The maximum Gasteiger partial charge on any atom is 0.270 e. The van der Waals surface area contributed by atoms with Crippen LogP contribution in [0.25, 0.3) is 11.0 Å². The Morgan fingerprint density at radius 3 is 2.89 bits per heavy atom. The summed E-state index contributed by atoms with van der Waals surface area (Å²) in [5.74, 6) is 1.38. The number of carbonyl (C=O) groups excluding carboxylic acids is 1. The molecule has 0 radical (unpaired) electrons. The summed E-state index contributed by atoms with van der Waals surface area (Å²) in [5, 5.41) is 7.51. The van der Waals surface area contributed by atoms with Gasteiger partial charge in [-0.05, 0) is 26.0 Å². The molecule has 1 N–H and O–H groups in total. The lowest BCUT2D eigenvalue weighted by atomic mass is 9.99. The fourth-order valence-electron chi connectivity index (χ4n) is 3.91. The second-order valence-corrected chi connectivity index (χ2v) is 7.25. The highest BCUT2D eigenvalue weighted by Gasteiger charge is 2.31. The number of methoxy groups -OCH3 is 1. The summed E-state index contributed by atoms with van der Waals surface area (Å²) in [6.07, 6.45) is 0.636. The van der Waals surface area contributed by atoms with Gasteiger partial charge in [0.15, 0.2) is 0 Å². The Morgan fingerprint density at radius 2 is 2.14 bits per heavy atom. The number of aromatic nitrogens is 4. The predicted octanol–water partition coefficient (Wildman–Crippen LogP) is 2.27. The zero-order chi connectivity index (χ0) is 20.0. The molecule has 3 aromatic rings. The Bertz CT molecular complexity index is 1050. The number of amides is 1. The van der Waals surface area contributed by atoms with Crippen molar-refractivity contribution in [2.75, 3.05) is 7.11 Å². The molecule has 3 heterocycles. The number of hydrogen-bond acceptors (Lipinski definition) is 5. The van der Waals surface area contributed by atoms with E-state index in [0.29, 0.717) is 18.7 Å². The molecule has 2 aromatic heterocycles. The molecule has 0 spiro atoms. The van der Waals surface area contributed by atoms with E-state index in [1.165, 1.54) is 0 Å². The number of fused-ring (bicyclic) bond motifs is 2. The first kappa shape index (κ1) is 18.5. The summed E-state index contributed by atoms with van der Waals surface area (Å²) in [5.41, 5.74) is 4.24. The molecular weight excluding hydrogens is 358 g/mol. The minimum atomic E-state index is -0.151. The first-order chi connectivity index (χ1) is 13.4. The third kappa shape index (κ3) is 3.03. The number of hydrogen-bond donors (Lipinski definition) is 1. The second kappa shape index (κ2) is 6.94. The van der Waals surface area contributed by atoms with Gasteiger partial charge < -0.3 is 19.4 Å². The third-order valence-electron chi connectivity index (χ3n) is 5.29. The smallest absolute Gasteiger partial charge is 0.270 e.